The first-order valence-electron chi connectivity index (χ1n) is 4.89. The van der Waals surface area contributed by atoms with Gasteiger partial charge >= 0.3 is 0 Å². The number of nitrogens with zero attached hydrogens (tertiary/aromatic N) is 2. The average Bonchev–Trinajstić information content (AvgIpc) is 2.12. The number of hydrogen-bond acceptors (Lipinski definition) is 3. The minimum atomic E-state index is -0.754. The molecule has 0 aromatic rings. The van der Waals surface area contributed by atoms with Crippen LogP contribution in [-0.4, -0.2) is 54.9 Å². The topological polar surface area (TPSA) is 49.6 Å². The third kappa shape index (κ3) is 4.13. The summed E-state index contributed by atoms with van der Waals surface area (Å²) in [4.78, 5) is 15.9. The van der Waals surface area contributed by atoms with Gasteiger partial charge in [-0.1, -0.05) is 12.2 Å². The van der Waals surface area contributed by atoms with Gasteiger partial charge in [0.1, 0.15) is 0 Å². The van der Waals surface area contributed by atoms with Gasteiger partial charge in [-0.2, -0.15) is 0 Å². The Labute approximate surface area is 97.4 Å². The summed E-state index contributed by atoms with van der Waals surface area (Å²) < 4.78 is 0. The van der Waals surface area contributed by atoms with Gasteiger partial charge in [-0.15, -0.1) is 0 Å². The van der Waals surface area contributed by atoms with Gasteiger partial charge in [0.15, 0.2) is 0 Å². The summed E-state index contributed by atoms with van der Waals surface area (Å²) in [7, 11) is 5.71. The van der Waals surface area contributed by atoms with Crippen molar-refractivity contribution in [2.45, 2.75) is 13.8 Å². The summed E-state index contributed by atoms with van der Waals surface area (Å²) in [5.41, 5.74) is 4.78. The number of hydrogen-bond donors (Lipinski definition) is 1. The minimum Gasteiger partial charge on any atom is -0.392 e. The van der Waals surface area contributed by atoms with Crippen molar-refractivity contribution in [3.8, 4) is 0 Å². The van der Waals surface area contributed by atoms with Crippen molar-refractivity contribution in [1.29, 1.82) is 0 Å². The highest BCUT2D eigenvalue weighted by Gasteiger charge is 2.33. The molecule has 0 aliphatic heterocycles. The van der Waals surface area contributed by atoms with Crippen LogP contribution in [0.3, 0.4) is 0 Å². The van der Waals surface area contributed by atoms with Crippen LogP contribution in [0.15, 0.2) is 0 Å². The highest BCUT2D eigenvalue weighted by Crippen LogP contribution is 2.18. The second kappa shape index (κ2) is 5.42. The van der Waals surface area contributed by atoms with Gasteiger partial charge in [0.05, 0.1) is 10.4 Å². The zero-order chi connectivity index (χ0) is 12.2. The molecule has 0 saturated heterocycles. The molecule has 0 aromatic carbocycles. The molecule has 5 heteroatoms. The van der Waals surface area contributed by atoms with Crippen molar-refractivity contribution in [2.75, 3.05) is 34.2 Å². The van der Waals surface area contributed by atoms with E-state index in [-0.39, 0.29) is 10.9 Å². The molecule has 0 unspecified atom stereocenters. The summed E-state index contributed by atoms with van der Waals surface area (Å²) in [5, 5.41) is 0. The lowest BCUT2D eigenvalue weighted by Crippen LogP contribution is -2.47. The van der Waals surface area contributed by atoms with E-state index < -0.39 is 5.41 Å². The summed E-state index contributed by atoms with van der Waals surface area (Å²) in [5.74, 6) is -0.0307. The third-order valence-corrected chi connectivity index (χ3v) is 2.89. The van der Waals surface area contributed by atoms with Crippen molar-refractivity contribution in [2.24, 2.45) is 11.1 Å². The molecule has 0 saturated carbocycles. The normalized spacial score (nSPS) is 11.6. The van der Waals surface area contributed by atoms with Gasteiger partial charge < -0.3 is 15.5 Å². The van der Waals surface area contributed by atoms with E-state index in [1.165, 1.54) is 0 Å². The molecule has 15 heavy (non-hydrogen) atoms. The Kier molecular flexibility index (Phi) is 5.17. The van der Waals surface area contributed by atoms with Crippen LogP contribution in [0.4, 0.5) is 0 Å². The SMILES string of the molecule is CN(C)CCN(C)C(=O)C(C)(C)C(N)=S. The predicted molar refractivity (Wildman–Crippen MR) is 66.8 cm³/mol. The van der Waals surface area contributed by atoms with Crippen LogP contribution >= 0.6 is 12.2 Å². The molecule has 0 atom stereocenters. The van der Waals surface area contributed by atoms with E-state index in [9.17, 15) is 4.79 Å². The molecule has 0 bridgehead atoms. The van der Waals surface area contributed by atoms with E-state index >= 15 is 0 Å². The molecule has 88 valence electrons. The van der Waals surface area contributed by atoms with Gasteiger partial charge in [-0.3, -0.25) is 4.79 Å². The molecule has 4 nitrogen and oxygen atoms in total. The number of thiocarbonyl (C=S) groups is 1. The standard InChI is InChI=1S/C10H21N3OS/c1-10(2,8(11)15)9(14)13(5)7-6-12(3)4/h6-7H2,1-5H3,(H2,11,15). The molecule has 0 fully saturated rings. The molecule has 0 aliphatic carbocycles. The van der Waals surface area contributed by atoms with Crippen molar-refractivity contribution < 1.29 is 4.79 Å². The number of carbonyl (C=O) groups excluding carboxylic acids is 1. The second-order valence-electron chi connectivity index (χ2n) is 4.52. The lowest BCUT2D eigenvalue weighted by Gasteiger charge is -2.29. The van der Waals surface area contributed by atoms with E-state index in [0.29, 0.717) is 6.54 Å². The van der Waals surface area contributed by atoms with Crippen molar-refractivity contribution in [3.05, 3.63) is 0 Å². The largest absolute Gasteiger partial charge is 0.392 e. The van der Waals surface area contributed by atoms with Crippen LogP contribution in [0, 0.1) is 5.41 Å². The number of rotatable bonds is 5. The fraction of sp³-hybridized carbons (Fsp3) is 0.800. The van der Waals surface area contributed by atoms with Gasteiger partial charge in [-0.25, -0.2) is 0 Å². The fourth-order valence-corrected chi connectivity index (χ4v) is 1.12. The van der Waals surface area contributed by atoms with E-state index in [1.54, 1.807) is 25.8 Å². The maximum Gasteiger partial charge on any atom is 0.234 e. The molecule has 0 spiro atoms. The van der Waals surface area contributed by atoms with Crippen LogP contribution in [-0.2, 0) is 4.79 Å². The Morgan fingerprint density at radius 3 is 2.07 bits per heavy atom. The summed E-state index contributed by atoms with van der Waals surface area (Å²) in [6, 6.07) is 0. The zero-order valence-corrected chi connectivity index (χ0v) is 11.0. The second-order valence-corrected chi connectivity index (χ2v) is 4.96. The molecule has 1 amide bonds. The van der Waals surface area contributed by atoms with Gasteiger partial charge in [-0.05, 0) is 27.9 Å². The van der Waals surface area contributed by atoms with Gasteiger partial charge in [0.2, 0.25) is 5.91 Å². The van der Waals surface area contributed by atoms with E-state index in [1.807, 2.05) is 19.0 Å². The maximum atomic E-state index is 12.0. The number of likely N-dealkylation sites (N-methyl/N-ethyl adjacent to an activating group) is 2. The Hall–Kier alpha value is -0.680. The predicted octanol–water partition coefficient (Wildman–Crippen LogP) is 0.319. The van der Waals surface area contributed by atoms with Crippen LogP contribution < -0.4 is 5.73 Å². The molecule has 0 aliphatic rings. The highest BCUT2D eigenvalue weighted by molar-refractivity contribution is 7.80. The lowest BCUT2D eigenvalue weighted by molar-refractivity contribution is -0.135. The first kappa shape index (κ1) is 14.3. The smallest absolute Gasteiger partial charge is 0.234 e. The fourth-order valence-electron chi connectivity index (χ4n) is 1.03. The molecular weight excluding hydrogens is 210 g/mol. The summed E-state index contributed by atoms with van der Waals surface area (Å²) in [6.07, 6.45) is 0. The average molecular weight is 231 g/mol. The zero-order valence-electron chi connectivity index (χ0n) is 10.2. The minimum absolute atomic E-state index is 0.0307. The maximum absolute atomic E-state index is 12.0. The molecular formula is C10H21N3OS. The van der Waals surface area contributed by atoms with Crippen LogP contribution in [0.5, 0.6) is 0 Å². The summed E-state index contributed by atoms with van der Waals surface area (Å²) in [6.45, 7) is 5.02. The first-order valence-corrected chi connectivity index (χ1v) is 5.30. The molecule has 0 rings (SSSR count). The molecule has 0 heterocycles. The quantitative estimate of drug-likeness (QED) is 0.692. The van der Waals surface area contributed by atoms with E-state index in [2.05, 4.69) is 0 Å². The van der Waals surface area contributed by atoms with Gasteiger partial charge in [0.25, 0.3) is 0 Å². The van der Waals surface area contributed by atoms with Crippen molar-refractivity contribution >= 4 is 23.1 Å². The van der Waals surface area contributed by atoms with Crippen LogP contribution in [0.1, 0.15) is 13.8 Å². The van der Waals surface area contributed by atoms with Gasteiger partial charge in [0, 0.05) is 20.1 Å². The third-order valence-electron chi connectivity index (χ3n) is 2.38. The Bertz CT molecular complexity index is 251. The van der Waals surface area contributed by atoms with Crippen LogP contribution in [0.25, 0.3) is 0 Å². The molecule has 0 radical (unpaired) electrons. The van der Waals surface area contributed by atoms with E-state index in [4.69, 9.17) is 18.0 Å². The monoisotopic (exact) mass is 231 g/mol. The van der Waals surface area contributed by atoms with Crippen molar-refractivity contribution in [1.82, 2.24) is 9.80 Å². The Morgan fingerprint density at radius 2 is 1.73 bits per heavy atom. The lowest BCUT2D eigenvalue weighted by atomic mass is 9.92. The Balaban J connectivity index is 4.38. The van der Waals surface area contributed by atoms with Crippen molar-refractivity contribution in [3.63, 3.8) is 0 Å². The number of nitrogens with two attached hydrogens (primary N) is 1. The molecule has 2 N–H and O–H groups in total. The van der Waals surface area contributed by atoms with E-state index in [0.717, 1.165) is 6.54 Å². The first-order chi connectivity index (χ1) is 6.69. The number of carbonyl (C=O) groups is 1. The summed E-state index contributed by atoms with van der Waals surface area (Å²) >= 11 is 4.88. The Morgan fingerprint density at radius 1 is 1.27 bits per heavy atom. The van der Waals surface area contributed by atoms with Crippen LogP contribution in [0.2, 0.25) is 0 Å². The molecule has 0 aromatic heterocycles. The number of amides is 1. The highest BCUT2D eigenvalue weighted by atomic mass is 32.1.